The van der Waals surface area contributed by atoms with Crippen molar-refractivity contribution in [1.82, 2.24) is 15.1 Å². The van der Waals surface area contributed by atoms with Gasteiger partial charge in [0, 0.05) is 42.2 Å². The van der Waals surface area contributed by atoms with Crippen LogP contribution in [0.4, 0.5) is 0 Å². The molecule has 3 rings (SSSR count). The highest BCUT2D eigenvalue weighted by atomic mass is 16.5. The summed E-state index contributed by atoms with van der Waals surface area (Å²) in [5.74, 6) is 0.654. The van der Waals surface area contributed by atoms with Crippen LogP contribution in [0.5, 0.6) is 5.75 Å². The van der Waals surface area contributed by atoms with Crippen molar-refractivity contribution in [1.29, 1.82) is 0 Å². The molecule has 0 spiro atoms. The van der Waals surface area contributed by atoms with Gasteiger partial charge in [-0.3, -0.25) is 9.59 Å². The Bertz CT molecular complexity index is 812. The van der Waals surface area contributed by atoms with Gasteiger partial charge in [0.05, 0.1) is 0 Å². The maximum absolute atomic E-state index is 12.6. The van der Waals surface area contributed by atoms with Gasteiger partial charge in [0.2, 0.25) is 5.91 Å². The van der Waals surface area contributed by atoms with Crippen molar-refractivity contribution in [2.45, 2.75) is 52.1 Å². The fourth-order valence-electron chi connectivity index (χ4n) is 4.04. The molecule has 2 amide bonds. The normalized spacial score (nSPS) is 18.5. The molecule has 1 fully saturated rings. The molecule has 0 aliphatic carbocycles. The number of piperidine rings is 1. The molecule has 6 nitrogen and oxygen atoms in total. The second-order valence-corrected chi connectivity index (χ2v) is 7.67. The lowest BCUT2D eigenvalue weighted by Gasteiger charge is -2.33. The van der Waals surface area contributed by atoms with Crippen LogP contribution in [0.2, 0.25) is 0 Å². The maximum atomic E-state index is 12.6. The van der Waals surface area contributed by atoms with E-state index in [1.165, 1.54) is 0 Å². The Morgan fingerprint density at radius 3 is 2.66 bits per heavy atom. The minimum atomic E-state index is -0.264. The van der Waals surface area contributed by atoms with Crippen LogP contribution in [0.25, 0.3) is 5.70 Å². The van der Waals surface area contributed by atoms with Crippen LogP contribution in [0.3, 0.4) is 0 Å². The highest BCUT2D eigenvalue weighted by Gasteiger charge is 2.36. The molecule has 1 aromatic rings. The van der Waals surface area contributed by atoms with E-state index in [0.717, 1.165) is 61.3 Å². The lowest BCUT2D eigenvalue weighted by Crippen LogP contribution is -2.47. The first-order valence-corrected chi connectivity index (χ1v) is 10.4. The molecular formula is C23H31N3O3. The van der Waals surface area contributed by atoms with Crippen LogP contribution < -0.4 is 10.1 Å². The number of amides is 2. The van der Waals surface area contributed by atoms with Gasteiger partial charge in [0.25, 0.3) is 5.91 Å². The lowest BCUT2D eigenvalue weighted by atomic mass is 10.0. The third-order valence-corrected chi connectivity index (χ3v) is 5.51. The van der Waals surface area contributed by atoms with Crippen LogP contribution >= 0.6 is 0 Å². The predicted molar refractivity (Wildman–Crippen MR) is 114 cm³/mol. The first-order chi connectivity index (χ1) is 14.0. The quantitative estimate of drug-likeness (QED) is 0.731. The summed E-state index contributed by atoms with van der Waals surface area (Å²) in [6.07, 6.45) is 3.34. The molecular weight excluding hydrogens is 366 g/mol. The van der Waals surface area contributed by atoms with E-state index in [4.69, 9.17) is 4.74 Å². The Labute approximate surface area is 173 Å². The number of carbonyl (C=O) groups excluding carboxylic acids is 2. The topological polar surface area (TPSA) is 61.9 Å². The summed E-state index contributed by atoms with van der Waals surface area (Å²) in [5.41, 5.74) is 3.55. The third kappa shape index (κ3) is 4.47. The van der Waals surface area contributed by atoms with Crippen molar-refractivity contribution < 1.29 is 14.3 Å². The summed E-state index contributed by atoms with van der Waals surface area (Å²) < 4.78 is 5.94. The average molecular weight is 398 g/mol. The summed E-state index contributed by atoms with van der Waals surface area (Å²) in [4.78, 5) is 28.9. The molecule has 1 saturated heterocycles. The van der Waals surface area contributed by atoms with E-state index in [1.54, 1.807) is 0 Å². The van der Waals surface area contributed by atoms with E-state index < -0.39 is 0 Å². The number of hydrogen-bond donors (Lipinski definition) is 1. The number of fused-ring (bicyclic) bond motifs is 1. The van der Waals surface area contributed by atoms with Crippen LogP contribution in [0.15, 0.2) is 37.1 Å². The molecule has 1 unspecified atom stereocenters. The summed E-state index contributed by atoms with van der Waals surface area (Å²) in [6.45, 7) is 14.3. The van der Waals surface area contributed by atoms with Gasteiger partial charge in [-0.15, -0.1) is 0 Å². The number of rotatable bonds is 8. The maximum Gasteiger partial charge on any atom is 0.260 e. The average Bonchev–Trinajstić information content (AvgIpc) is 3.03. The van der Waals surface area contributed by atoms with Crippen molar-refractivity contribution in [3.63, 3.8) is 0 Å². The van der Waals surface area contributed by atoms with Crippen LogP contribution in [0, 0.1) is 0 Å². The Kier molecular flexibility index (Phi) is 6.62. The fraction of sp³-hybridized carbons (Fsp3) is 0.478. The molecule has 0 radical (unpaired) electrons. The molecule has 2 heterocycles. The molecule has 29 heavy (non-hydrogen) atoms. The number of allylic oxidation sites excluding steroid dienone is 1. The molecule has 0 aromatic heterocycles. The van der Waals surface area contributed by atoms with E-state index in [1.807, 2.05) is 28.0 Å². The summed E-state index contributed by atoms with van der Waals surface area (Å²) in [5, 5.41) is 2.85. The van der Waals surface area contributed by atoms with E-state index in [9.17, 15) is 9.59 Å². The van der Waals surface area contributed by atoms with Crippen molar-refractivity contribution in [3.05, 3.63) is 48.2 Å². The Balaban J connectivity index is 1.71. The van der Waals surface area contributed by atoms with Gasteiger partial charge in [0.1, 0.15) is 11.8 Å². The second kappa shape index (κ2) is 9.16. The monoisotopic (exact) mass is 397 g/mol. The van der Waals surface area contributed by atoms with Crippen LogP contribution in [-0.4, -0.2) is 47.4 Å². The van der Waals surface area contributed by atoms with Crippen molar-refractivity contribution in [3.8, 4) is 5.75 Å². The third-order valence-electron chi connectivity index (χ3n) is 5.51. The van der Waals surface area contributed by atoms with Crippen LogP contribution in [-0.2, 0) is 16.1 Å². The van der Waals surface area contributed by atoms with Gasteiger partial charge < -0.3 is 19.9 Å². The second-order valence-electron chi connectivity index (χ2n) is 7.67. The molecule has 0 saturated carbocycles. The van der Waals surface area contributed by atoms with Gasteiger partial charge in [-0.2, -0.15) is 0 Å². The van der Waals surface area contributed by atoms with Gasteiger partial charge >= 0.3 is 0 Å². The van der Waals surface area contributed by atoms with Gasteiger partial charge in [-0.05, 0) is 31.7 Å². The molecule has 6 heteroatoms. The highest BCUT2D eigenvalue weighted by molar-refractivity contribution is 5.87. The number of ether oxygens (including phenoxy) is 1. The Morgan fingerprint density at radius 1 is 1.28 bits per heavy atom. The zero-order valence-electron chi connectivity index (χ0n) is 17.5. The number of hydrogen-bond acceptors (Lipinski definition) is 4. The SMILES string of the molecule is C=C1CCC(N2Cc3c(OCC(=O)N(CCC)CCC)cccc3C2=C)C(=O)N1. The molecule has 0 bridgehead atoms. The molecule has 1 atom stereocenters. The van der Waals surface area contributed by atoms with E-state index in [2.05, 4.69) is 32.3 Å². The minimum Gasteiger partial charge on any atom is -0.483 e. The number of nitrogens with one attached hydrogen (secondary N) is 1. The molecule has 1 N–H and O–H groups in total. The van der Waals surface area contributed by atoms with Gasteiger partial charge in [-0.25, -0.2) is 0 Å². The Hall–Kier alpha value is -2.76. The van der Waals surface area contributed by atoms with Crippen molar-refractivity contribution in [2.75, 3.05) is 19.7 Å². The van der Waals surface area contributed by atoms with E-state index >= 15 is 0 Å². The van der Waals surface area contributed by atoms with Crippen molar-refractivity contribution in [2.24, 2.45) is 0 Å². The molecule has 2 aliphatic rings. The lowest BCUT2D eigenvalue weighted by molar-refractivity contribution is -0.133. The summed E-state index contributed by atoms with van der Waals surface area (Å²) in [7, 11) is 0. The van der Waals surface area contributed by atoms with E-state index in [-0.39, 0.29) is 24.5 Å². The smallest absolute Gasteiger partial charge is 0.260 e. The summed E-state index contributed by atoms with van der Waals surface area (Å²) in [6, 6.07) is 5.52. The fourth-order valence-corrected chi connectivity index (χ4v) is 4.04. The van der Waals surface area contributed by atoms with Crippen LogP contribution in [0.1, 0.15) is 50.7 Å². The van der Waals surface area contributed by atoms with Gasteiger partial charge in [-0.1, -0.05) is 39.1 Å². The van der Waals surface area contributed by atoms with Gasteiger partial charge in [0.15, 0.2) is 6.61 Å². The summed E-state index contributed by atoms with van der Waals surface area (Å²) >= 11 is 0. The molecule has 156 valence electrons. The zero-order valence-corrected chi connectivity index (χ0v) is 17.5. The predicted octanol–water partition coefficient (Wildman–Crippen LogP) is 3.29. The molecule has 2 aliphatic heterocycles. The largest absolute Gasteiger partial charge is 0.483 e. The number of carbonyl (C=O) groups is 2. The minimum absolute atomic E-state index is 0.00477. The highest BCUT2D eigenvalue weighted by Crippen LogP contribution is 2.39. The Morgan fingerprint density at radius 2 is 2.00 bits per heavy atom. The molecule has 1 aromatic carbocycles. The standard InChI is InChI=1S/C23H31N3O3/c1-5-12-25(13-6-2)22(27)15-29-21-9-7-8-18-17(4)26(14-19(18)21)20-11-10-16(3)24-23(20)28/h7-9,20H,3-6,10-15H2,1-2H3,(H,24,28). The van der Waals surface area contributed by atoms with E-state index in [0.29, 0.717) is 12.3 Å². The zero-order chi connectivity index (χ0) is 21.0. The first kappa shape index (κ1) is 21.0. The number of benzene rings is 1. The first-order valence-electron chi connectivity index (χ1n) is 10.4. The number of nitrogens with zero attached hydrogens (tertiary/aromatic N) is 2. The van der Waals surface area contributed by atoms with Crippen molar-refractivity contribution >= 4 is 17.5 Å².